The number of halogens is 1. The summed E-state index contributed by atoms with van der Waals surface area (Å²) in [5, 5.41) is 0.725. The largest absolute Gasteiger partial charge is 0.495 e. The predicted molar refractivity (Wildman–Crippen MR) is 108 cm³/mol. The highest BCUT2D eigenvalue weighted by Gasteiger charge is 2.22. The lowest BCUT2D eigenvalue weighted by atomic mass is 10.2. The van der Waals surface area contributed by atoms with Crippen LogP contribution in [0.25, 0.3) is 16.6 Å². The first kappa shape index (κ1) is 19.3. The number of aromatic nitrogens is 2. The van der Waals surface area contributed by atoms with Crippen LogP contribution in [-0.2, 0) is 4.79 Å². The predicted octanol–water partition coefficient (Wildman–Crippen LogP) is 3.40. The number of ether oxygens (including phenoxy) is 1. The van der Waals surface area contributed by atoms with Crippen molar-refractivity contribution in [3.8, 4) is 11.4 Å². The molecule has 0 aliphatic heterocycles. The van der Waals surface area contributed by atoms with Gasteiger partial charge < -0.3 is 10.5 Å². The number of amides is 1. The average Bonchev–Trinajstić information content (AvgIpc) is 2.65. The molecule has 0 radical (unpaired) electrons. The number of primary amides is 1. The van der Waals surface area contributed by atoms with E-state index in [-0.39, 0.29) is 5.56 Å². The van der Waals surface area contributed by atoms with Crippen molar-refractivity contribution in [2.45, 2.75) is 23.8 Å². The Morgan fingerprint density at radius 1 is 1.33 bits per heavy atom. The van der Waals surface area contributed by atoms with Gasteiger partial charge in [0.05, 0.1) is 29.0 Å². The second-order valence-electron chi connectivity index (χ2n) is 5.79. The topological polar surface area (TPSA) is 87.2 Å². The van der Waals surface area contributed by atoms with Gasteiger partial charge in [-0.2, -0.15) is 0 Å². The summed E-state index contributed by atoms with van der Waals surface area (Å²) in [6.07, 6.45) is 0.509. The molecule has 27 heavy (non-hydrogen) atoms. The summed E-state index contributed by atoms with van der Waals surface area (Å²) in [5.74, 6) is 0.0539. The number of benzene rings is 2. The summed E-state index contributed by atoms with van der Waals surface area (Å²) in [6.45, 7) is 1.85. The summed E-state index contributed by atoms with van der Waals surface area (Å²) >= 11 is 7.21. The highest BCUT2D eigenvalue weighted by atomic mass is 35.5. The smallest absolute Gasteiger partial charge is 0.266 e. The Bertz CT molecular complexity index is 1070. The first-order valence-corrected chi connectivity index (χ1v) is 9.53. The summed E-state index contributed by atoms with van der Waals surface area (Å²) in [5.41, 5.74) is 6.22. The van der Waals surface area contributed by atoms with Crippen molar-refractivity contribution in [3.63, 3.8) is 0 Å². The fourth-order valence-corrected chi connectivity index (χ4v) is 3.86. The molecule has 1 heterocycles. The molecular weight excluding hydrogens is 386 g/mol. The summed E-state index contributed by atoms with van der Waals surface area (Å²) < 4.78 is 6.86. The molecule has 2 aromatic carbocycles. The quantitative estimate of drug-likeness (QED) is 0.503. The second kappa shape index (κ2) is 8.02. The zero-order chi connectivity index (χ0) is 19.6. The molecule has 2 N–H and O–H groups in total. The van der Waals surface area contributed by atoms with E-state index in [4.69, 9.17) is 22.1 Å². The third-order valence-electron chi connectivity index (χ3n) is 4.06. The summed E-state index contributed by atoms with van der Waals surface area (Å²) in [6, 6.07) is 12.0. The Hall–Kier alpha value is -2.51. The molecule has 6 nitrogen and oxygen atoms in total. The molecule has 1 aromatic heterocycles. The van der Waals surface area contributed by atoms with Crippen LogP contribution in [0.1, 0.15) is 13.3 Å². The van der Waals surface area contributed by atoms with E-state index in [0.29, 0.717) is 38.9 Å². The van der Waals surface area contributed by atoms with Crippen molar-refractivity contribution in [3.05, 3.63) is 57.8 Å². The molecule has 3 aromatic rings. The fraction of sp³-hybridized carbons (Fsp3) is 0.211. The molecule has 1 unspecified atom stereocenters. The van der Waals surface area contributed by atoms with Gasteiger partial charge in [0.2, 0.25) is 5.91 Å². The van der Waals surface area contributed by atoms with Crippen molar-refractivity contribution in [2.24, 2.45) is 5.73 Å². The molecule has 0 fully saturated rings. The van der Waals surface area contributed by atoms with Crippen LogP contribution < -0.4 is 16.0 Å². The van der Waals surface area contributed by atoms with Crippen LogP contribution in [0.4, 0.5) is 0 Å². The molecule has 0 saturated carbocycles. The molecule has 1 atom stereocenters. The number of thioether (sulfide) groups is 1. The molecule has 0 saturated heterocycles. The highest BCUT2D eigenvalue weighted by molar-refractivity contribution is 8.00. The van der Waals surface area contributed by atoms with E-state index in [1.807, 2.05) is 13.0 Å². The van der Waals surface area contributed by atoms with Crippen molar-refractivity contribution >= 4 is 40.2 Å². The van der Waals surface area contributed by atoms with E-state index in [0.717, 1.165) is 11.8 Å². The van der Waals surface area contributed by atoms with Crippen molar-refractivity contribution in [1.29, 1.82) is 0 Å². The lowest BCUT2D eigenvalue weighted by Crippen LogP contribution is -2.28. The highest BCUT2D eigenvalue weighted by Crippen LogP contribution is 2.30. The van der Waals surface area contributed by atoms with Gasteiger partial charge in [0.15, 0.2) is 5.16 Å². The number of hydrogen-bond acceptors (Lipinski definition) is 5. The maximum atomic E-state index is 13.3. The number of rotatable bonds is 6. The minimum atomic E-state index is -0.519. The zero-order valence-electron chi connectivity index (χ0n) is 14.8. The van der Waals surface area contributed by atoms with Crippen LogP contribution in [0.15, 0.2) is 52.4 Å². The number of fused-ring (bicyclic) bond motifs is 1. The Labute approximate surface area is 165 Å². The number of para-hydroxylation sites is 2. The van der Waals surface area contributed by atoms with Gasteiger partial charge in [0, 0.05) is 5.02 Å². The molecular formula is C19H18ClN3O3S. The van der Waals surface area contributed by atoms with Gasteiger partial charge in [-0.1, -0.05) is 42.4 Å². The van der Waals surface area contributed by atoms with Crippen molar-refractivity contribution in [2.75, 3.05) is 7.11 Å². The minimum Gasteiger partial charge on any atom is -0.495 e. The van der Waals surface area contributed by atoms with Gasteiger partial charge in [-0.05, 0) is 36.8 Å². The summed E-state index contributed by atoms with van der Waals surface area (Å²) in [4.78, 5) is 29.6. The van der Waals surface area contributed by atoms with Crippen LogP contribution in [0.5, 0.6) is 5.75 Å². The first-order chi connectivity index (χ1) is 13.0. The van der Waals surface area contributed by atoms with E-state index < -0.39 is 11.2 Å². The van der Waals surface area contributed by atoms with E-state index in [9.17, 15) is 9.59 Å². The van der Waals surface area contributed by atoms with Crippen LogP contribution in [-0.4, -0.2) is 27.8 Å². The van der Waals surface area contributed by atoms with Gasteiger partial charge in [0.1, 0.15) is 5.75 Å². The van der Waals surface area contributed by atoms with Crippen LogP contribution in [0.3, 0.4) is 0 Å². The van der Waals surface area contributed by atoms with E-state index >= 15 is 0 Å². The molecule has 3 rings (SSSR count). The number of hydrogen-bond donors (Lipinski definition) is 1. The van der Waals surface area contributed by atoms with Gasteiger partial charge in [-0.25, -0.2) is 4.98 Å². The van der Waals surface area contributed by atoms with Gasteiger partial charge >= 0.3 is 0 Å². The van der Waals surface area contributed by atoms with E-state index in [2.05, 4.69) is 4.98 Å². The van der Waals surface area contributed by atoms with Crippen molar-refractivity contribution in [1.82, 2.24) is 9.55 Å². The first-order valence-electron chi connectivity index (χ1n) is 8.28. The standard InChI is InChI=1S/C19H18ClN3O3S/c1-3-16(17(21)24)27-19-22-13-10-11(20)8-9-12(13)18(25)23(19)14-6-4-5-7-15(14)26-2/h4-10,16H,3H2,1-2H3,(H2,21,24). The number of carbonyl (C=O) groups is 1. The minimum absolute atomic E-state index is 0.275. The maximum absolute atomic E-state index is 13.3. The third-order valence-corrected chi connectivity index (χ3v) is 5.63. The molecule has 0 aliphatic rings. The molecule has 1 amide bonds. The Kier molecular flexibility index (Phi) is 5.72. The monoisotopic (exact) mass is 403 g/mol. The number of carbonyl (C=O) groups excluding carboxylic acids is 1. The summed E-state index contributed by atoms with van der Waals surface area (Å²) in [7, 11) is 1.53. The molecule has 0 aliphatic carbocycles. The van der Waals surface area contributed by atoms with E-state index in [1.165, 1.54) is 11.7 Å². The number of methoxy groups -OCH3 is 1. The van der Waals surface area contributed by atoms with E-state index in [1.54, 1.807) is 36.4 Å². The average molecular weight is 404 g/mol. The van der Waals surface area contributed by atoms with Gasteiger partial charge in [-0.15, -0.1) is 0 Å². The zero-order valence-corrected chi connectivity index (χ0v) is 16.4. The molecule has 0 spiro atoms. The van der Waals surface area contributed by atoms with Crippen LogP contribution in [0.2, 0.25) is 5.02 Å². The Morgan fingerprint density at radius 2 is 2.07 bits per heavy atom. The normalized spacial score (nSPS) is 12.1. The number of nitrogens with two attached hydrogens (primary N) is 1. The molecule has 8 heteroatoms. The maximum Gasteiger partial charge on any atom is 0.266 e. The molecule has 0 bridgehead atoms. The lowest BCUT2D eigenvalue weighted by molar-refractivity contribution is -0.117. The fourth-order valence-electron chi connectivity index (χ4n) is 2.71. The van der Waals surface area contributed by atoms with Crippen molar-refractivity contribution < 1.29 is 9.53 Å². The molecule has 140 valence electrons. The van der Waals surface area contributed by atoms with Gasteiger partial charge in [0.25, 0.3) is 5.56 Å². The lowest BCUT2D eigenvalue weighted by Gasteiger charge is -2.18. The Morgan fingerprint density at radius 3 is 2.74 bits per heavy atom. The Balaban J connectivity index is 2.33. The SMILES string of the molecule is CCC(Sc1nc2cc(Cl)ccc2c(=O)n1-c1ccccc1OC)C(N)=O. The van der Waals surface area contributed by atoms with Gasteiger partial charge in [-0.3, -0.25) is 14.2 Å². The van der Waals surface area contributed by atoms with Crippen LogP contribution >= 0.6 is 23.4 Å². The second-order valence-corrected chi connectivity index (χ2v) is 7.39. The van der Waals surface area contributed by atoms with Crippen LogP contribution in [0, 0.1) is 0 Å². The third kappa shape index (κ3) is 3.79. The number of nitrogens with zero attached hydrogens (tertiary/aromatic N) is 2.